The number of amides is 2. The molecule has 3 rings (SSSR count). The number of aliphatic hydroxyl groups excluding tert-OH is 1. The van der Waals surface area contributed by atoms with Gasteiger partial charge in [0.05, 0.1) is 0 Å². The molecule has 2 N–H and O–H groups in total. The van der Waals surface area contributed by atoms with Gasteiger partial charge in [-0.2, -0.15) is 0 Å². The van der Waals surface area contributed by atoms with Crippen molar-refractivity contribution >= 4 is 11.8 Å². The minimum Gasteiger partial charge on any atom is -0.396 e. The van der Waals surface area contributed by atoms with Crippen LogP contribution in [0.3, 0.4) is 0 Å². The van der Waals surface area contributed by atoms with E-state index < -0.39 is 0 Å². The van der Waals surface area contributed by atoms with Gasteiger partial charge >= 0.3 is 6.03 Å². The number of aromatic nitrogens is 1. The van der Waals surface area contributed by atoms with Crippen molar-refractivity contribution in [3.63, 3.8) is 0 Å². The smallest absolute Gasteiger partial charge is 0.317 e. The number of likely N-dealkylation sites (tertiary alicyclic amines) is 1. The molecule has 1 unspecified atom stereocenters. The molecule has 0 spiro atoms. The lowest BCUT2D eigenvalue weighted by atomic mass is 9.98. The number of hydrogen-bond acceptors (Lipinski definition) is 4. The Morgan fingerprint density at radius 1 is 1.35 bits per heavy atom. The van der Waals surface area contributed by atoms with Crippen molar-refractivity contribution in [1.82, 2.24) is 15.2 Å². The lowest BCUT2D eigenvalue weighted by Gasteiger charge is -2.32. The molecule has 0 bridgehead atoms. The SMILES string of the molecule is O=C(NC1CCN(c2ncccc2F)C1)N1CCC(CO)CC1. The number of aliphatic hydroxyl groups is 1. The minimum absolute atomic E-state index is 0.0134. The number of halogens is 1. The Hall–Kier alpha value is -1.89. The number of nitrogens with zero attached hydrogens (tertiary/aromatic N) is 3. The summed E-state index contributed by atoms with van der Waals surface area (Å²) in [6.45, 7) is 2.83. The third-order valence-electron chi connectivity index (χ3n) is 4.71. The highest BCUT2D eigenvalue weighted by molar-refractivity contribution is 5.74. The van der Waals surface area contributed by atoms with Crippen molar-refractivity contribution in [2.45, 2.75) is 25.3 Å². The summed E-state index contributed by atoms with van der Waals surface area (Å²) in [4.78, 5) is 20.1. The van der Waals surface area contributed by atoms with Crippen LogP contribution in [0.4, 0.5) is 15.0 Å². The maximum Gasteiger partial charge on any atom is 0.317 e. The van der Waals surface area contributed by atoms with Gasteiger partial charge in [-0.25, -0.2) is 14.2 Å². The fraction of sp³-hybridized carbons (Fsp3) is 0.625. The molecule has 23 heavy (non-hydrogen) atoms. The van der Waals surface area contributed by atoms with Crippen molar-refractivity contribution in [3.8, 4) is 0 Å². The number of piperidine rings is 1. The van der Waals surface area contributed by atoms with Crippen molar-refractivity contribution in [2.24, 2.45) is 5.92 Å². The van der Waals surface area contributed by atoms with E-state index in [2.05, 4.69) is 10.3 Å². The maximum atomic E-state index is 13.8. The Balaban J connectivity index is 1.50. The minimum atomic E-state index is -0.328. The maximum absolute atomic E-state index is 13.8. The van der Waals surface area contributed by atoms with E-state index in [1.807, 2.05) is 4.90 Å². The van der Waals surface area contributed by atoms with Crippen LogP contribution < -0.4 is 10.2 Å². The van der Waals surface area contributed by atoms with Gasteiger partial charge in [0, 0.05) is 45.0 Å². The van der Waals surface area contributed by atoms with E-state index in [0.717, 1.165) is 19.3 Å². The fourth-order valence-electron chi connectivity index (χ4n) is 3.27. The molecule has 1 aromatic heterocycles. The van der Waals surface area contributed by atoms with Gasteiger partial charge in [-0.05, 0) is 37.3 Å². The molecular formula is C16H23FN4O2. The molecule has 0 radical (unpaired) electrons. The summed E-state index contributed by atoms with van der Waals surface area (Å²) < 4.78 is 13.8. The van der Waals surface area contributed by atoms with Gasteiger partial charge in [-0.3, -0.25) is 0 Å². The molecule has 0 aromatic carbocycles. The first-order valence-corrected chi connectivity index (χ1v) is 8.19. The Kier molecular flexibility index (Phi) is 4.95. The van der Waals surface area contributed by atoms with E-state index in [1.165, 1.54) is 6.07 Å². The summed E-state index contributed by atoms with van der Waals surface area (Å²) >= 11 is 0. The zero-order valence-electron chi connectivity index (χ0n) is 13.1. The van der Waals surface area contributed by atoms with Gasteiger partial charge in [0.25, 0.3) is 0 Å². The summed E-state index contributed by atoms with van der Waals surface area (Å²) in [5.41, 5.74) is 0. The van der Waals surface area contributed by atoms with E-state index >= 15 is 0 Å². The molecule has 0 saturated carbocycles. The average Bonchev–Trinajstić information content (AvgIpc) is 3.03. The first kappa shape index (κ1) is 16.0. The fourth-order valence-corrected chi connectivity index (χ4v) is 3.27. The average molecular weight is 322 g/mol. The summed E-state index contributed by atoms with van der Waals surface area (Å²) in [7, 11) is 0. The number of hydrogen-bond donors (Lipinski definition) is 2. The van der Waals surface area contributed by atoms with Gasteiger partial charge in [-0.1, -0.05) is 0 Å². The van der Waals surface area contributed by atoms with Crippen LogP contribution in [0, 0.1) is 11.7 Å². The van der Waals surface area contributed by atoms with Crippen molar-refractivity contribution < 1.29 is 14.3 Å². The molecule has 0 aliphatic carbocycles. The molecule has 1 atom stereocenters. The van der Waals surface area contributed by atoms with E-state index in [9.17, 15) is 9.18 Å². The molecule has 3 heterocycles. The predicted octanol–water partition coefficient (Wildman–Crippen LogP) is 1.21. The highest BCUT2D eigenvalue weighted by atomic mass is 19.1. The van der Waals surface area contributed by atoms with Crippen molar-refractivity contribution in [1.29, 1.82) is 0 Å². The van der Waals surface area contributed by atoms with Crippen LogP contribution in [-0.2, 0) is 0 Å². The summed E-state index contributed by atoms with van der Waals surface area (Å²) in [5, 5.41) is 12.2. The third kappa shape index (κ3) is 3.72. The second-order valence-corrected chi connectivity index (χ2v) is 6.30. The van der Waals surface area contributed by atoms with Gasteiger partial charge < -0.3 is 20.2 Å². The standard InChI is InChI=1S/C16H23FN4O2/c17-14-2-1-6-18-15(14)21-9-5-13(10-21)19-16(23)20-7-3-12(11-22)4-8-20/h1-2,6,12-13,22H,3-5,7-11H2,(H,19,23). The van der Waals surface area contributed by atoms with E-state index in [1.54, 1.807) is 17.2 Å². The Morgan fingerprint density at radius 2 is 2.13 bits per heavy atom. The Labute approximate surface area is 135 Å². The van der Waals surface area contributed by atoms with Crippen LogP contribution in [0.2, 0.25) is 0 Å². The molecular weight excluding hydrogens is 299 g/mol. The summed E-state index contributed by atoms with van der Waals surface area (Å²) in [6.07, 6.45) is 4.06. The number of carbonyl (C=O) groups excluding carboxylic acids is 1. The van der Waals surface area contributed by atoms with Crippen LogP contribution >= 0.6 is 0 Å². The number of anilines is 1. The summed E-state index contributed by atoms with van der Waals surface area (Å²) in [6, 6.07) is 2.93. The molecule has 2 fully saturated rings. The normalized spacial score (nSPS) is 22.4. The third-order valence-corrected chi connectivity index (χ3v) is 4.71. The molecule has 6 nitrogen and oxygen atoms in total. The molecule has 1 aromatic rings. The second-order valence-electron chi connectivity index (χ2n) is 6.30. The van der Waals surface area contributed by atoms with Crippen LogP contribution in [0.25, 0.3) is 0 Å². The number of pyridine rings is 1. The zero-order valence-corrected chi connectivity index (χ0v) is 13.1. The van der Waals surface area contributed by atoms with Crippen LogP contribution in [0.5, 0.6) is 0 Å². The topological polar surface area (TPSA) is 68.7 Å². The van der Waals surface area contributed by atoms with Gasteiger partial charge in [0.1, 0.15) is 0 Å². The van der Waals surface area contributed by atoms with Crippen molar-refractivity contribution in [2.75, 3.05) is 37.7 Å². The van der Waals surface area contributed by atoms with E-state index in [-0.39, 0.29) is 24.5 Å². The van der Waals surface area contributed by atoms with E-state index in [4.69, 9.17) is 5.11 Å². The quantitative estimate of drug-likeness (QED) is 0.878. The molecule has 126 valence electrons. The zero-order chi connectivity index (χ0) is 16.2. The van der Waals surface area contributed by atoms with Crippen molar-refractivity contribution in [3.05, 3.63) is 24.1 Å². The first-order valence-electron chi connectivity index (χ1n) is 8.19. The highest BCUT2D eigenvalue weighted by Gasteiger charge is 2.29. The molecule has 2 saturated heterocycles. The molecule has 2 amide bonds. The second kappa shape index (κ2) is 7.12. The number of urea groups is 1. The van der Waals surface area contributed by atoms with Crippen LogP contribution in [0.1, 0.15) is 19.3 Å². The molecule has 2 aliphatic heterocycles. The largest absolute Gasteiger partial charge is 0.396 e. The predicted molar refractivity (Wildman–Crippen MR) is 84.7 cm³/mol. The molecule has 2 aliphatic rings. The summed E-state index contributed by atoms with van der Waals surface area (Å²) in [5.74, 6) is 0.340. The molecule has 7 heteroatoms. The van der Waals surface area contributed by atoms with Gasteiger partial charge in [-0.15, -0.1) is 0 Å². The van der Waals surface area contributed by atoms with Crippen LogP contribution in [-0.4, -0.2) is 59.8 Å². The lowest BCUT2D eigenvalue weighted by Crippen LogP contribution is -2.48. The highest BCUT2D eigenvalue weighted by Crippen LogP contribution is 2.21. The van der Waals surface area contributed by atoms with E-state index in [0.29, 0.717) is 37.9 Å². The monoisotopic (exact) mass is 322 g/mol. The van der Waals surface area contributed by atoms with Gasteiger partial charge in [0.2, 0.25) is 0 Å². The number of rotatable bonds is 3. The first-order chi connectivity index (χ1) is 11.2. The van der Waals surface area contributed by atoms with Gasteiger partial charge in [0.15, 0.2) is 11.6 Å². The lowest BCUT2D eigenvalue weighted by molar-refractivity contribution is 0.136. The number of carbonyl (C=O) groups is 1. The Morgan fingerprint density at radius 3 is 2.83 bits per heavy atom. The Bertz CT molecular complexity index is 549. The van der Waals surface area contributed by atoms with Crippen LogP contribution in [0.15, 0.2) is 18.3 Å². The number of nitrogens with one attached hydrogen (secondary N) is 1.